The van der Waals surface area contributed by atoms with Gasteiger partial charge in [-0.15, -0.1) is 0 Å². The number of nitrogens with one attached hydrogen (secondary N) is 2. The summed E-state index contributed by atoms with van der Waals surface area (Å²) in [6.45, 7) is 2.98. The van der Waals surface area contributed by atoms with E-state index in [4.69, 9.17) is 10.5 Å². The number of hydrogen-bond acceptors (Lipinski definition) is 11. The van der Waals surface area contributed by atoms with Crippen LogP contribution in [0.5, 0.6) is 5.75 Å². The number of anilines is 3. The molecule has 0 aliphatic carbocycles. The van der Waals surface area contributed by atoms with Crippen molar-refractivity contribution in [3.63, 3.8) is 0 Å². The fourth-order valence-electron chi connectivity index (χ4n) is 3.58. The zero-order valence-corrected chi connectivity index (χ0v) is 19.4. The van der Waals surface area contributed by atoms with Crippen molar-refractivity contribution in [2.24, 2.45) is 5.73 Å². The van der Waals surface area contributed by atoms with E-state index in [1.165, 1.54) is 42.0 Å². The largest absolute Gasteiger partial charge is 0.412 e. The van der Waals surface area contributed by atoms with E-state index in [0.29, 0.717) is 23.9 Å². The summed E-state index contributed by atoms with van der Waals surface area (Å²) in [5, 5.41) is 17.3. The van der Waals surface area contributed by atoms with E-state index >= 15 is 0 Å². The fraction of sp³-hybridized carbons (Fsp3) is 0.286. The molecule has 0 saturated carbocycles. The van der Waals surface area contributed by atoms with Gasteiger partial charge in [0.2, 0.25) is 0 Å². The van der Waals surface area contributed by atoms with Crippen LogP contribution in [0.15, 0.2) is 36.5 Å². The van der Waals surface area contributed by atoms with Gasteiger partial charge in [-0.25, -0.2) is 14.8 Å². The first-order chi connectivity index (χ1) is 16.8. The number of aryl methyl sites for hydroxylation is 1. The lowest BCUT2D eigenvalue weighted by atomic mass is 10.1. The number of carbonyl (C=O) groups excluding carboxylic acids is 2. The molecule has 1 unspecified atom stereocenters. The van der Waals surface area contributed by atoms with E-state index in [0.717, 1.165) is 18.5 Å². The van der Waals surface area contributed by atoms with Gasteiger partial charge in [0.1, 0.15) is 16.6 Å². The number of nitro benzene ring substituents is 1. The lowest BCUT2D eigenvalue weighted by Gasteiger charge is -2.33. The van der Waals surface area contributed by atoms with Gasteiger partial charge in [0, 0.05) is 31.3 Å². The first kappa shape index (κ1) is 23.8. The van der Waals surface area contributed by atoms with Crippen LogP contribution in [0.3, 0.4) is 0 Å². The van der Waals surface area contributed by atoms with Crippen LogP contribution in [0.2, 0.25) is 0 Å². The van der Waals surface area contributed by atoms with Gasteiger partial charge in [-0.2, -0.15) is 4.37 Å². The topological polar surface area (TPSA) is 178 Å². The predicted molar refractivity (Wildman–Crippen MR) is 128 cm³/mol. The molecule has 1 atom stereocenters. The minimum absolute atomic E-state index is 0.0122. The normalized spacial score (nSPS) is 15.3. The quantitative estimate of drug-likeness (QED) is 0.324. The second-order valence-electron chi connectivity index (χ2n) is 7.82. The zero-order valence-electron chi connectivity index (χ0n) is 18.6. The van der Waals surface area contributed by atoms with E-state index in [-0.39, 0.29) is 29.0 Å². The summed E-state index contributed by atoms with van der Waals surface area (Å²) < 4.78 is 9.44. The fourth-order valence-corrected chi connectivity index (χ4v) is 4.24. The highest BCUT2D eigenvalue weighted by Crippen LogP contribution is 2.26. The van der Waals surface area contributed by atoms with Crippen LogP contribution in [-0.4, -0.2) is 50.4 Å². The van der Waals surface area contributed by atoms with Crippen molar-refractivity contribution in [2.45, 2.75) is 25.8 Å². The Morgan fingerprint density at radius 1 is 1.31 bits per heavy atom. The third-order valence-corrected chi connectivity index (χ3v) is 5.98. The molecule has 4 N–H and O–H groups in total. The molecule has 1 aliphatic heterocycles. The summed E-state index contributed by atoms with van der Waals surface area (Å²) in [6, 6.07) is 6.84. The Bertz CT molecular complexity index is 1250. The zero-order chi connectivity index (χ0) is 24.9. The molecule has 182 valence electrons. The molecule has 0 radical (unpaired) electrons. The molecular formula is C21H22N8O5S. The Morgan fingerprint density at radius 3 is 2.74 bits per heavy atom. The molecule has 3 aromatic rings. The van der Waals surface area contributed by atoms with Crippen molar-refractivity contribution >= 4 is 45.9 Å². The third-order valence-electron chi connectivity index (χ3n) is 5.19. The number of carbonyl (C=O) groups is 2. The molecule has 3 heterocycles. The smallest absolute Gasteiger partial charge is 0.410 e. The number of benzene rings is 1. The van der Waals surface area contributed by atoms with Crippen LogP contribution < -0.4 is 26.0 Å². The van der Waals surface area contributed by atoms with Crippen LogP contribution >= 0.6 is 11.5 Å². The average Bonchev–Trinajstić information content (AvgIpc) is 3.23. The van der Waals surface area contributed by atoms with Gasteiger partial charge < -0.3 is 26.0 Å². The van der Waals surface area contributed by atoms with Crippen molar-refractivity contribution in [2.75, 3.05) is 23.3 Å². The van der Waals surface area contributed by atoms with Crippen molar-refractivity contribution in [3.05, 3.63) is 58.0 Å². The first-order valence-corrected chi connectivity index (χ1v) is 11.4. The summed E-state index contributed by atoms with van der Waals surface area (Å²) in [5.41, 5.74) is 6.21. The molecule has 13 nitrogen and oxygen atoms in total. The molecule has 2 aromatic heterocycles. The predicted octanol–water partition coefficient (Wildman–Crippen LogP) is 2.75. The van der Waals surface area contributed by atoms with E-state index < -0.39 is 16.9 Å². The highest BCUT2D eigenvalue weighted by Gasteiger charge is 2.25. The van der Waals surface area contributed by atoms with Crippen molar-refractivity contribution in [3.8, 4) is 5.75 Å². The van der Waals surface area contributed by atoms with E-state index in [9.17, 15) is 19.7 Å². The maximum absolute atomic E-state index is 12.3. The highest BCUT2D eigenvalue weighted by atomic mass is 32.1. The molecule has 1 saturated heterocycles. The van der Waals surface area contributed by atoms with E-state index in [1.807, 2.05) is 17.9 Å². The number of rotatable bonds is 7. The molecular weight excluding hydrogens is 476 g/mol. The average molecular weight is 499 g/mol. The molecule has 14 heteroatoms. The number of nitro groups is 1. The monoisotopic (exact) mass is 498 g/mol. The second kappa shape index (κ2) is 10.3. The van der Waals surface area contributed by atoms with Crippen LogP contribution in [0.25, 0.3) is 0 Å². The number of nitrogens with two attached hydrogens (primary N) is 1. The summed E-state index contributed by atoms with van der Waals surface area (Å²) in [5.74, 6) is 0.239. The number of ether oxygens (including phenoxy) is 1. The van der Waals surface area contributed by atoms with Gasteiger partial charge in [0.15, 0.2) is 11.5 Å². The van der Waals surface area contributed by atoms with Crippen LogP contribution in [0.4, 0.5) is 27.1 Å². The van der Waals surface area contributed by atoms with Crippen LogP contribution in [-0.2, 0) is 0 Å². The molecule has 1 aromatic carbocycles. The Morgan fingerprint density at radius 2 is 2.09 bits per heavy atom. The lowest BCUT2D eigenvalue weighted by molar-refractivity contribution is -0.384. The number of primary amides is 1. The number of hydrogen-bond donors (Lipinski definition) is 3. The Labute approximate surface area is 203 Å². The number of piperidine rings is 1. The van der Waals surface area contributed by atoms with Gasteiger partial charge in [-0.05, 0) is 49.5 Å². The molecule has 1 fully saturated rings. The molecule has 1 aliphatic rings. The Balaban J connectivity index is 1.42. The number of amides is 2. The number of non-ortho nitro benzene ring substituents is 1. The van der Waals surface area contributed by atoms with Gasteiger partial charge in [0.25, 0.3) is 11.6 Å². The Hall–Kier alpha value is -4.33. The van der Waals surface area contributed by atoms with Gasteiger partial charge >= 0.3 is 6.09 Å². The summed E-state index contributed by atoms with van der Waals surface area (Å²) in [7, 11) is 0. The molecule has 4 rings (SSSR count). The highest BCUT2D eigenvalue weighted by molar-refractivity contribution is 7.10. The van der Waals surface area contributed by atoms with E-state index in [1.54, 1.807) is 0 Å². The van der Waals surface area contributed by atoms with Gasteiger partial charge in [-0.1, -0.05) is 0 Å². The third kappa shape index (κ3) is 5.97. The SMILES string of the molecule is Cc1cc(Nc2nc(N3CCCC(NC(=O)Oc4ccc([N+](=O)[O-])cc4)C3)cnc2C(N)=O)sn1. The maximum Gasteiger partial charge on any atom is 0.412 e. The van der Waals surface area contributed by atoms with Crippen molar-refractivity contribution in [1.29, 1.82) is 0 Å². The lowest BCUT2D eigenvalue weighted by Crippen LogP contribution is -2.48. The molecule has 0 bridgehead atoms. The van der Waals surface area contributed by atoms with Crippen molar-refractivity contribution < 1.29 is 19.2 Å². The summed E-state index contributed by atoms with van der Waals surface area (Å²) in [6.07, 6.45) is 2.31. The van der Waals surface area contributed by atoms with E-state index in [2.05, 4.69) is 25.0 Å². The molecule has 2 amide bonds. The molecule has 0 spiro atoms. The second-order valence-corrected chi connectivity index (χ2v) is 8.62. The Kier molecular flexibility index (Phi) is 7.01. The summed E-state index contributed by atoms with van der Waals surface area (Å²) >= 11 is 1.23. The standard InChI is InChI=1S/C21H22N8O5S/c1-12-9-17(35-27-12)26-20-18(19(22)30)23-10-16(25-20)28-8-2-3-13(11-28)24-21(31)34-15-6-4-14(5-7-15)29(32)33/h4-7,9-10,13H,2-3,8,11H2,1H3,(H2,22,30)(H,24,31)(H,25,26). The van der Waals surface area contributed by atoms with Crippen LogP contribution in [0, 0.1) is 17.0 Å². The summed E-state index contributed by atoms with van der Waals surface area (Å²) in [4.78, 5) is 45.1. The van der Waals surface area contributed by atoms with Crippen molar-refractivity contribution in [1.82, 2.24) is 19.7 Å². The number of nitrogens with zero attached hydrogens (tertiary/aromatic N) is 5. The minimum atomic E-state index is -0.708. The van der Waals surface area contributed by atoms with Gasteiger partial charge in [0.05, 0.1) is 16.8 Å². The van der Waals surface area contributed by atoms with Gasteiger partial charge in [-0.3, -0.25) is 14.9 Å². The number of aromatic nitrogens is 3. The minimum Gasteiger partial charge on any atom is -0.410 e. The maximum atomic E-state index is 12.3. The molecule has 35 heavy (non-hydrogen) atoms. The van der Waals surface area contributed by atoms with Crippen LogP contribution in [0.1, 0.15) is 29.0 Å². The first-order valence-electron chi connectivity index (χ1n) is 10.6.